The van der Waals surface area contributed by atoms with Crippen molar-refractivity contribution in [3.8, 4) is 0 Å². The molecule has 0 radical (unpaired) electrons. The molecular formula is C20H22ClN3O5S. The number of halogens is 1. The Morgan fingerprint density at radius 1 is 1.20 bits per heavy atom. The lowest BCUT2D eigenvalue weighted by Gasteiger charge is -2.30. The second kappa shape index (κ2) is 9.55. The Labute approximate surface area is 180 Å². The van der Waals surface area contributed by atoms with Crippen LogP contribution in [0.5, 0.6) is 0 Å². The van der Waals surface area contributed by atoms with Crippen LogP contribution in [0.3, 0.4) is 0 Å². The number of carbonyl (C=O) groups excluding carboxylic acids is 2. The Kier molecular flexibility index (Phi) is 7.06. The number of sulfonamides is 1. The molecule has 3 rings (SSSR count). The van der Waals surface area contributed by atoms with E-state index in [-0.39, 0.29) is 18.0 Å². The van der Waals surface area contributed by atoms with Crippen molar-refractivity contribution < 1.29 is 22.7 Å². The van der Waals surface area contributed by atoms with Crippen molar-refractivity contribution in [2.45, 2.75) is 30.8 Å². The summed E-state index contributed by atoms with van der Waals surface area (Å²) in [6.45, 7) is 1.86. The number of para-hydroxylation sites is 1. The monoisotopic (exact) mass is 451 g/mol. The molecule has 1 N–H and O–H groups in total. The van der Waals surface area contributed by atoms with Gasteiger partial charge in [-0.15, -0.1) is 0 Å². The van der Waals surface area contributed by atoms with Gasteiger partial charge >= 0.3 is 5.97 Å². The molecule has 1 atom stereocenters. The van der Waals surface area contributed by atoms with Gasteiger partial charge in [0, 0.05) is 25.5 Å². The van der Waals surface area contributed by atoms with Crippen LogP contribution < -0.4 is 5.32 Å². The topological polar surface area (TPSA) is 106 Å². The van der Waals surface area contributed by atoms with Crippen LogP contribution in [0.25, 0.3) is 0 Å². The molecule has 1 aromatic carbocycles. The lowest BCUT2D eigenvalue weighted by Crippen LogP contribution is -2.41. The zero-order valence-corrected chi connectivity index (χ0v) is 17.9. The molecule has 1 fully saturated rings. The number of pyridine rings is 1. The Hall–Kier alpha value is -2.49. The van der Waals surface area contributed by atoms with E-state index >= 15 is 0 Å². The fourth-order valence-electron chi connectivity index (χ4n) is 3.10. The Balaban J connectivity index is 1.53. The second-order valence-electron chi connectivity index (χ2n) is 6.92. The van der Waals surface area contributed by atoms with E-state index in [4.69, 9.17) is 16.3 Å². The minimum atomic E-state index is -3.64. The Bertz CT molecular complexity index is 1010. The summed E-state index contributed by atoms with van der Waals surface area (Å²) < 4.78 is 31.9. The molecule has 2 heterocycles. The summed E-state index contributed by atoms with van der Waals surface area (Å²) in [7, 11) is -3.64. The summed E-state index contributed by atoms with van der Waals surface area (Å²) in [5.74, 6) is -1.48. The molecule has 8 nitrogen and oxygen atoms in total. The molecule has 30 heavy (non-hydrogen) atoms. The summed E-state index contributed by atoms with van der Waals surface area (Å²) in [6, 6.07) is 9.80. The predicted octanol–water partition coefficient (Wildman–Crippen LogP) is 2.71. The molecule has 0 spiro atoms. The quantitative estimate of drug-likeness (QED) is 0.677. The number of esters is 1. The molecule has 1 amide bonds. The van der Waals surface area contributed by atoms with E-state index < -0.39 is 33.9 Å². The number of nitrogens with zero attached hydrogens (tertiary/aromatic N) is 2. The van der Waals surface area contributed by atoms with Crippen LogP contribution in [0.1, 0.15) is 19.8 Å². The standard InChI is InChI=1S/C20H22ClN3O5S/c1-14(19(25)23-18-7-3-2-6-17(18)21)29-20(26)15-8-11-24(12-9-15)30(27,28)16-5-4-10-22-13-16/h2-7,10,13-15H,8-9,11-12H2,1H3,(H,23,25). The molecule has 1 aliphatic heterocycles. The average molecular weight is 452 g/mol. The SMILES string of the molecule is CC(OC(=O)C1CCN(S(=O)(=O)c2cccnc2)CC1)C(=O)Nc1ccccc1Cl. The molecule has 0 bridgehead atoms. The van der Waals surface area contributed by atoms with Crippen molar-refractivity contribution in [3.05, 3.63) is 53.8 Å². The first-order valence-electron chi connectivity index (χ1n) is 9.45. The maximum Gasteiger partial charge on any atom is 0.309 e. The van der Waals surface area contributed by atoms with E-state index in [0.717, 1.165) is 0 Å². The number of ether oxygens (including phenoxy) is 1. The first-order chi connectivity index (χ1) is 14.3. The number of carbonyl (C=O) groups is 2. The van der Waals surface area contributed by atoms with E-state index in [1.807, 2.05) is 0 Å². The maximum atomic E-state index is 12.6. The minimum absolute atomic E-state index is 0.121. The van der Waals surface area contributed by atoms with E-state index in [1.165, 1.54) is 29.7 Å². The van der Waals surface area contributed by atoms with Gasteiger partial charge < -0.3 is 10.1 Å². The van der Waals surface area contributed by atoms with Crippen LogP contribution in [0, 0.1) is 5.92 Å². The molecule has 10 heteroatoms. The smallest absolute Gasteiger partial charge is 0.309 e. The average Bonchev–Trinajstić information content (AvgIpc) is 2.76. The molecular weight excluding hydrogens is 430 g/mol. The van der Waals surface area contributed by atoms with Crippen molar-refractivity contribution in [1.82, 2.24) is 9.29 Å². The molecule has 1 saturated heterocycles. The minimum Gasteiger partial charge on any atom is -0.452 e. The fraction of sp³-hybridized carbons (Fsp3) is 0.350. The van der Waals surface area contributed by atoms with Gasteiger partial charge in [0.25, 0.3) is 5.91 Å². The van der Waals surface area contributed by atoms with Crippen molar-refractivity contribution in [2.75, 3.05) is 18.4 Å². The number of amides is 1. The highest BCUT2D eigenvalue weighted by Gasteiger charge is 2.34. The van der Waals surface area contributed by atoms with E-state index in [2.05, 4.69) is 10.3 Å². The van der Waals surface area contributed by atoms with Crippen LogP contribution in [-0.2, 0) is 24.3 Å². The summed E-state index contributed by atoms with van der Waals surface area (Å²) in [5, 5.41) is 3.00. The van der Waals surface area contributed by atoms with Crippen LogP contribution in [0.4, 0.5) is 5.69 Å². The summed E-state index contributed by atoms with van der Waals surface area (Å²) >= 11 is 6.02. The summed E-state index contributed by atoms with van der Waals surface area (Å²) in [4.78, 5) is 28.7. The van der Waals surface area contributed by atoms with Crippen LogP contribution in [0.2, 0.25) is 5.02 Å². The van der Waals surface area contributed by atoms with Crippen molar-refractivity contribution in [2.24, 2.45) is 5.92 Å². The lowest BCUT2D eigenvalue weighted by atomic mass is 9.98. The molecule has 1 aromatic heterocycles. The number of benzene rings is 1. The number of anilines is 1. The fourth-order valence-corrected chi connectivity index (χ4v) is 4.72. The summed E-state index contributed by atoms with van der Waals surface area (Å²) in [6.07, 6.45) is 2.43. The molecule has 1 unspecified atom stereocenters. The van der Waals surface area contributed by atoms with Crippen molar-refractivity contribution in [3.63, 3.8) is 0 Å². The zero-order valence-electron chi connectivity index (χ0n) is 16.3. The van der Waals surface area contributed by atoms with Crippen LogP contribution in [0.15, 0.2) is 53.7 Å². The number of hydrogen-bond acceptors (Lipinski definition) is 6. The van der Waals surface area contributed by atoms with Gasteiger partial charge in [0.2, 0.25) is 10.0 Å². The van der Waals surface area contributed by atoms with E-state index in [1.54, 1.807) is 30.3 Å². The van der Waals surface area contributed by atoms with Crippen molar-refractivity contribution in [1.29, 1.82) is 0 Å². The highest BCUT2D eigenvalue weighted by Crippen LogP contribution is 2.25. The molecule has 1 aliphatic rings. The lowest BCUT2D eigenvalue weighted by molar-refractivity contribution is -0.158. The zero-order chi connectivity index (χ0) is 21.7. The van der Waals surface area contributed by atoms with Crippen LogP contribution >= 0.6 is 11.6 Å². The molecule has 0 saturated carbocycles. The molecule has 160 valence electrons. The number of aromatic nitrogens is 1. The van der Waals surface area contributed by atoms with Gasteiger partial charge in [-0.1, -0.05) is 23.7 Å². The molecule has 2 aromatic rings. The van der Waals surface area contributed by atoms with Crippen LogP contribution in [-0.4, -0.2) is 48.8 Å². The normalized spacial score (nSPS) is 16.6. The number of piperidine rings is 1. The third-order valence-corrected chi connectivity index (χ3v) is 7.07. The highest BCUT2D eigenvalue weighted by atomic mass is 35.5. The number of rotatable bonds is 6. The van der Waals surface area contributed by atoms with Gasteiger partial charge in [-0.25, -0.2) is 8.42 Å². The number of hydrogen-bond donors (Lipinski definition) is 1. The van der Waals surface area contributed by atoms with E-state index in [9.17, 15) is 18.0 Å². The van der Waals surface area contributed by atoms with Gasteiger partial charge in [-0.3, -0.25) is 14.6 Å². The summed E-state index contributed by atoms with van der Waals surface area (Å²) in [5.41, 5.74) is 0.431. The first kappa shape index (κ1) is 22.2. The Morgan fingerprint density at radius 3 is 2.53 bits per heavy atom. The van der Waals surface area contributed by atoms with E-state index in [0.29, 0.717) is 23.6 Å². The highest BCUT2D eigenvalue weighted by molar-refractivity contribution is 7.89. The third kappa shape index (κ3) is 5.16. The molecule has 0 aliphatic carbocycles. The van der Waals surface area contributed by atoms with Crippen molar-refractivity contribution >= 4 is 39.2 Å². The van der Waals surface area contributed by atoms with Gasteiger partial charge in [-0.2, -0.15) is 4.31 Å². The largest absolute Gasteiger partial charge is 0.452 e. The maximum absolute atomic E-state index is 12.6. The van der Waals surface area contributed by atoms with Gasteiger partial charge in [0.05, 0.1) is 16.6 Å². The Morgan fingerprint density at radius 2 is 1.90 bits per heavy atom. The first-order valence-corrected chi connectivity index (χ1v) is 11.3. The van der Waals surface area contributed by atoms with Gasteiger partial charge in [-0.05, 0) is 44.0 Å². The second-order valence-corrected chi connectivity index (χ2v) is 9.26. The predicted molar refractivity (Wildman–Crippen MR) is 111 cm³/mol. The third-order valence-electron chi connectivity index (χ3n) is 4.85. The van der Waals surface area contributed by atoms with Gasteiger partial charge in [0.15, 0.2) is 6.10 Å². The van der Waals surface area contributed by atoms with Gasteiger partial charge in [0.1, 0.15) is 4.90 Å². The number of nitrogens with one attached hydrogen (secondary N) is 1.